The Labute approximate surface area is 185 Å². The van der Waals surface area contributed by atoms with Crippen LogP contribution >= 0.6 is 0 Å². The molecule has 2 amide bonds. The number of benzene rings is 1. The van der Waals surface area contributed by atoms with E-state index in [4.69, 9.17) is 0 Å². The van der Waals surface area contributed by atoms with Crippen LogP contribution < -0.4 is 5.32 Å². The summed E-state index contributed by atoms with van der Waals surface area (Å²) in [6.07, 6.45) is 4.28. The van der Waals surface area contributed by atoms with Gasteiger partial charge in [-0.1, -0.05) is 13.3 Å². The first-order chi connectivity index (χ1) is 14.8. The topological polar surface area (TPSA) is 90.0 Å². The standard InChI is InChI=1S/C22H34N4O4S/c1-3-4-11-24-12-9-20(10-13-24)23-22(28)19-5-7-21(8-6-19)31(29,30)26-16-14-25(15-17-26)18(2)27/h5-8,20H,3-4,9-17H2,1-2H3,(H,23,28). The van der Waals surface area contributed by atoms with Gasteiger partial charge in [0.1, 0.15) is 0 Å². The zero-order valence-corrected chi connectivity index (χ0v) is 19.4. The molecule has 1 aromatic rings. The monoisotopic (exact) mass is 450 g/mol. The molecular formula is C22H34N4O4S. The van der Waals surface area contributed by atoms with Crippen molar-refractivity contribution in [1.82, 2.24) is 19.4 Å². The van der Waals surface area contributed by atoms with Gasteiger partial charge >= 0.3 is 0 Å². The van der Waals surface area contributed by atoms with Crippen molar-refractivity contribution in [3.05, 3.63) is 29.8 Å². The van der Waals surface area contributed by atoms with E-state index in [1.54, 1.807) is 17.0 Å². The van der Waals surface area contributed by atoms with Crippen LogP contribution in [0.15, 0.2) is 29.2 Å². The molecule has 0 bridgehead atoms. The van der Waals surface area contributed by atoms with Crippen molar-refractivity contribution in [1.29, 1.82) is 0 Å². The summed E-state index contributed by atoms with van der Waals surface area (Å²) in [6.45, 7) is 8.15. The van der Waals surface area contributed by atoms with Gasteiger partial charge in [0.2, 0.25) is 15.9 Å². The zero-order chi connectivity index (χ0) is 22.4. The molecule has 2 aliphatic rings. The number of amides is 2. The number of rotatable bonds is 7. The number of nitrogens with one attached hydrogen (secondary N) is 1. The molecule has 0 atom stereocenters. The molecule has 0 radical (unpaired) electrons. The lowest BCUT2D eigenvalue weighted by molar-refractivity contribution is -0.129. The van der Waals surface area contributed by atoms with Crippen LogP contribution in [0.5, 0.6) is 0 Å². The molecule has 2 saturated heterocycles. The number of carbonyl (C=O) groups excluding carboxylic acids is 2. The van der Waals surface area contributed by atoms with Gasteiger partial charge in [-0.15, -0.1) is 0 Å². The molecule has 0 saturated carbocycles. The predicted molar refractivity (Wildman–Crippen MR) is 119 cm³/mol. The first-order valence-corrected chi connectivity index (χ1v) is 12.6. The fourth-order valence-corrected chi connectivity index (χ4v) is 5.54. The van der Waals surface area contributed by atoms with Crippen LogP contribution in [-0.2, 0) is 14.8 Å². The summed E-state index contributed by atoms with van der Waals surface area (Å²) in [6, 6.07) is 6.30. The number of hydrogen-bond acceptors (Lipinski definition) is 5. The van der Waals surface area contributed by atoms with Crippen molar-refractivity contribution in [3.63, 3.8) is 0 Å². The molecule has 1 aromatic carbocycles. The van der Waals surface area contributed by atoms with Gasteiger partial charge in [0.05, 0.1) is 4.90 Å². The van der Waals surface area contributed by atoms with Crippen LogP contribution in [0.2, 0.25) is 0 Å². The van der Waals surface area contributed by atoms with Crippen molar-refractivity contribution in [2.24, 2.45) is 0 Å². The zero-order valence-electron chi connectivity index (χ0n) is 18.5. The summed E-state index contributed by atoms with van der Waals surface area (Å²) in [4.78, 5) is 28.3. The smallest absolute Gasteiger partial charge is 0.251 e. The third-order valence-electron chi connectivity index (χ3n) is 6.19. The van der Waals surface area contributed by atoms with Crippen molar-refractivity contribution >= 4 is 21.8 Å². The fraction of sp³-hybridized carbons (Fsp3) is 0.636. The van der Waals surface area contributed by atoms with E-state index in [1.165, 1.54) is 36.2 Å². The van der Waals surface area contributed by atoms with Gasteiger partial charge in [0.15, 0.2) is 0 Å². The Bertz CT molecular complexity index is 856. The highest BCUT2D eigenvalue weighted by Gasteiger charge is 2.29. The summed E-state index contributed by atoms with van der Waals surface area (Å²) in [5.41, 5.74) is 0.466. The lowest BCUT2D eigenvalue weighted by Gasteiger charge is -2.33. The third kappa shape index (κ3) is 6.05. The highest BCUT2D eigenvalue weighted by molar-refractivity contribution is 7.89. The number of hydrogen-bond donors (Lipinski definition) is 1. The highest BCUT2D eigenvalue weighted by atomic mass is 32.2. The van der Waals surface area contributed by atoms with Gasteiger partial charge in [-0.05, 0) is 50.1 Å². The SMILES string of the molecule is CCCCN1CCC(NC(=O)c2ccc(S(=O)(=O)N3CCN(C(C)=O)CC3)cc2)CC1. The summed E-state index contributed by atoms with van der Waals surface area (Å²) in [7, 11) is -3.64. The number of likely N-dealkylation sites (tertiary alicyclic amines) is 1. The maximum Gasteiger partial charge on any atom is 0.251 e. The van der Waals surface area contributed by atoms with Gasteiger partial charge in [-0.25, -0.2) is 8.42 Å². The lowest BCUT2D eigenvalue weighted by atomic mass is 10.0. The van der Waals surface area contributed by atoms with Crippen LogP contribution in [0.25, 0.3) is 0 Å². The molecule has 0 spiro atoms. The maximum absolute atomic E-state index is 12.9. The van der Waals surface area contributed by atoms with Crippen LogP contribution in [0.4, 0.5) is 0 Å². The van der Waals surface area contributed by atoms with Crippen molar-refractivity contribution < 1.29 is 18.0 Å². The highest BCUT2D eigenvalue weighted by Crippen LogP contribution is 2.19. The Morgan fingerprint density at radius 2 is 1.61 bits per heavy atom. The summed E-state index contributed by atoms with van der Waals surface area (Å²) < 4.78 is 27.2. The maximum atomic E-state index is 12.9. The molecular weight excluding hydrogens is 416 g/mol. The second-order valence-corrected chi connectivity index (χ2v) is 10.3. The Morgan fingerprint density at radius 1 is 1.00 bits per heavy atom. The molecule has 9 heteroatoms. The van der Waals surface area contributed by atoms with E-state index in [0.717, 1.165) is 32.5 Å². The van der Waals surface area contributed by atoms with Crippen molar-refractivity contribution in [2.45, 2.75) is 50.5 Å². The number of piperazine rings is 1. The molecule has 2 fully saturated rings. The summed E-state index contributed by atoms with van der Waals surface area (Å²) in [5.74, 6) is -0.204. The minimum absolute atomic E-state index is 0.0425. The van der Waals surface area contributed by atoms with Gasteiger partial charge in [-0.2, -0.15) is 4.31 Å². The number of nitrogens with zero attached hydrogens (tertiary/aromatic N) is 3. The average molecular weight is 451 g/mol. The number of sulfonamides is 1. The Balaban J connectivity index is 1.54. The Hall–Kier alpha value is -1.97. The van der Waals surface area contributed by atoms with Crippen LogP contribution in [-0.4, -0.2) is 86.2 Å². The second kappa shape index (κ2) is 10.6. The van der Waals surface area contributed by atoms with E-state index in [0.29, 0.717) is 18.7 Å². The van der Waals surface area contributed by atoms with E-state index < -0.39 is 10.0 Å². The predicted octanol–water partition coefficient (Wildman–Crippen LogP) is 1.53. The number of piperidine rings is 1. The minimum atomic E-state index is -3.64. The fourth-order valence-electron chi connectivity index (χ4n) is 4.12. The van der Waals surface area contributed by atoms with Crippen LogP contribution in [0.1, 0.15) is 49.9 Å². The summed E-state index contributed by atoms with van der Waals surface area (Å²) in [5, 5.41) is 3.09. The van der Waals surface area contributed by atoms with Crippen LogP contribution in [0.3, 0.4) is 0 Å². The number of carbonyl (C=O) groups is 2. The van der Waals surface area contributed by atoms with Gasteiger partial charge < -0.3 is 15.1 Å². The Kier molecular flexibility index (Phi) is 8.07. The Morgan fingerprint density at radius 3 is 2.16 bits per heavy atom. The molecule has 1 N–H and O–H groups in total. The van der Waals surface area contributed by atoms with Crippen molar-refractivity contribution in [3.8, 4) is 0 Å². The molecule has 0 aromatic heterocycles. The lowest BCUT2D eigenvalue weighted by Crippen LogP contribution is -2.49. The second-order valence-electron chi connectivity index (χ2n) is 8.38. The van der Waals surface area contributed by atoms with Gasteiger partial charge in [-0.3, -0.25) is 9.59 Å². The van der Waals surface area contributed by atoms with E-state index in [1.807, 2.05) is 0 Å². The quantitative estimate of drug-likeness (QED) is 0.681. The van der Waals surface area contributed by atoms with E-state index in [-0.39, 0.29) is 35.8 Å². The molecule has 8 nitrogen and oxygen atoms in total. The third-order valence-corrected chi connectivity index (χ3v) is 8.10. The molecule has 0 unspecified atom stereocenters. The van der Waals surface area contributed by atoms with Gasteiger partial charge in [0.25, 0.3) is 5.91 Å². The van der Waals surface area contributed by atoms with E-state index in [2.05, 4.69) is 17.1 Å². The normalized spacial score (nSPS) is 19.4. The molecule has 31 heavy (non-hydrogen) atoms. The summed E-state index contributed by atoms with van der Waals surface area (Å²) >= 11 is 0. The van der Waals surface area contributed by atoms with Gasteiger partial charge in [0, 0.05) is 57.8 Å². The van der Waals surface area contributed by atoms with Crippen molar-refractivity contribution in [2.75, 3.05) is 45.8 Å². The first-order valence-electron chi connectivity index (χ1n) is 11.2. The van der Waals surface area contributed by atoms with Crippen LogP contribution in [0, 0.1) is 0 Å². The largest absolute Gasteiger partial charge is 0.349 e. The molecule has 0 aliphatic carbocycles. The average Bonchev–Trinajstić information content (AvgIpc) is 2.78. The number of unbranched alkanes of at least 4 members (excludes halogenated alkanes) is 1. The molecule has 172 valence electrons. The van der Waals surface area contributed by atoms with E-state index >= 15 is 0 Å². The molecule has 3 rings (SSSR count). The first kappa shape index (κ1) is 23.7. The molecule has 2 aliphatic heterocycles. The van der Waals surface area contributed by atoms with E-state index in [9.17, 15) is 18.0 Å². The molecule has 2 heterocycles. The minimum Gasteiger partial charge on any atom is -0.349 e.